The average Bonchev–Trinajstić information content (AvgIpc) is 2.79. The summed E-state index contributed by atoms with van der Waals surface area (Å²) in [6, 6.07) is 0. The Balaban J connectivity index is 0. The number of unbranched alkanes of at least 4 members (excludes halogenated alkanes) is 15. The van der Waals surface area contributed by atoms with E-state index in [0.29, 0.717) is 5.85 Å². The third kappa shape index (κ3) is 19.5. The lowest BCUT2D eigenvalue weighted by atomic mass is 10.1. The van der Waals surface area contributed by atoms with Gasteiger partial charge < -0.3 is 21.9 Å². The van der Waals surface area contributed by atoms with Crippen LogP contribution in [0, 0.1) is 0 Å². The molecule has 0 bridgehead atoms. The fourth-order valence-corrected chi connectivity index (χ4v) is 9.72. The van der Waals surface area contributed by atoms with Crippen LogP contribution in [0.2, 0.25) is 0 Å². The molecule has 4 heteroatoms. The van der Waals surface area contributed by atoms with Gasteiger partial charge in [0.25, 0.3) is 0 Å². The van der Waals surface area contributed by atoms with Gasteiger partial charge in [-0.15, -0.1) is 0 Å². The van der Waals surface area contributed by atoms with Crippen LogP contribution < -0.4 is 12.4 Å². The molecule has 0 aliphatic carbocycles. The lowest BCUT2D eigenvalue weighted by molar-refractivity contribution is -0.118. The van der Waals surface area contributed by atoms with E-state index in [2.05, 4.69) is 34.6 Å². The summed E-state index contributed by atoms with van der Waals surface area (Å²) < 4.78 is 12.0. The standard InChI is InChI=1S/C29H62O2P.ClH/c1-7-10-13-16-19-22-25-32(29(5)31-28(4)30-6,26-23-20-17-14-11-8-2)27-24-21-18-15-12-9-3;/h28-29H,7-27H2,1-6H3;1H/q+1;/p-1. The second-order valence-electron chi connectivity index (χ2n) is 10.2. The summed E-state index contributed by atoms with van der Waals surface area (Å²) in [6.07, 6.45) is 29.5. The molecular formula is C29H62ClO2P. The molecule has 0 fully saturated rings. The third-order valence-electron chi connectivity index (χ3n) is 7.36. The van der Waals surface area contributed by atoms with Gasteiger partial charge in [-0.1, -0.05) is 97.8 Å². The van der Waals surface area contributed by atoms with Crippen molar-refractivity contribution in [1.29, 1.82) is 0 Å². The molecule has 0 saturated heterocycles. The molecule has 2 atom stereocenters. The summed E-state index contributed by atoms with van der Waals surface area (Å²) in [7, 11) is 0.661. The Bertz CT molecular complexity index is 340. The maximum atomic E-state index is 6.48. The zero-order valence-corrected chi connectivity index (χ0v) is 25.3. The van der Waals surface area contributed by atoms with Crippen LogP contribution in [-0.2, 0) is 9.47 Å². The van der Waals surface area contributed by atoms with Crippen LogP contribution in [0.5, 0.6) is 0 Å². The molecule has 0 N–H and O–H groups in total. The largest absolute Gasteiger partial charge is 1.00 e. The van der Waals surface area contributed by atoms with Crippen molar-refractivity contribution in [3.05, 3.63) is 0 Å². The zero-order chi connectivity index (χ0) is 23.9. The van der Waals surface area contributed by atoms with Crippen LogP contribution >= 0.6 is 7.26 Å². The first kappa shape index (κ1) is 35.8. The van der Waals surface area contributed by atoms with Gasteiger partial charge in [-0.05, 0) is 52.4 Å². The Morgan fingerprint density at radius 2 is 0.818 bits per heavy atom. The fraction of sp³-hybridized carbons (Fsp3) is 1.00. The molecule has 0 aromatic rings. The van der Waals surface area contributed by atoms with Gasteiger partial charge in [0, 0.05) is 14.4 Å². The Morgan fingerprint density at radius 3 is 1.12 bits per heavy atom. The molecule has 2 unspecified atom stereocenters. The molecule has 0 aliphatic rings. The van der Waals surface area contributed by atoms with Crippen molar-refractivity contribution in [3.63, 3.8) is 0 Å². The van der Waals surface area contributed by atoms with Crippen LogP contribution in [0.25, 0.3) is 0 Å². The SMILES string of the molecule is CCCCCCCC[P+](CCCCCCCC)(CCCCCCCC)C(C)OC(C)OC.[Cl-]. The second-order valence-corrected chi connectivity index (χ2v) is 14.7. The maximum absolute atomic E-state index is 6.48. The number of rotatable bonds is 25. The lowest BCUT2D eigenvalue weighted by Crippen LogP contribution is -3.00. The van der Waals surface area contributed by atoms with E-state index in [4.69, 9.17) is 9.47 Å². The predicted molar refractivity (Wildman–Crippen MR) is 149 cm³/mol. The van der Waals surface area contributed by atoms with E-state index in [1.807, 2.05) is 0 Å². The number of methoxy groups -OCH3 is 1. The number of halogens is 1. The van der Waals surface area contributed by atoms with Gasteiger partial charge in [-0.3, -0.25) is 0 Å². The molecule has 0 aromatic carbocycles. The molecule has 0 aliphatic heterocycles. The van der Waals surface area contributed by atoms with Crippen LogP contribution in [0.4, 0.5) is 0 Å². The van der Waals surface area contributed by atoms with Gasteiger partial charge in [-0.25, -0.2) is 0 Å². The van der Waals surface area contributed by atoms with Crippen molar-refractivity contribution < 1.29 is 21.9 Å². The highest BCUT2D eigenvalue weighted by molar-refractivity contribution is 7.76. The highest BCUT2D eigenvalue weighted by Crippen LogP contribution is 2.65. The van der Waals surface area contributed by atoms with E-state index in [-0.39, 0.29) is 18.7 Å². The molecule has 2 nitrogen and oxygen atoms in total. The maximum Gasteiger partial charge on any atom is 0.167 e. The van der Waals surface area contributed by atoms with Gasteiger partial charge >= 0.3 is 0 Å². The topological polar surface area (TPSA) is 18.5 Å². The van der Waals surface area contributed by atoms with Crippen molar-refractivity contribution >= 4 is 7.26 Å². The second kappa shape index (κ2) is 25.7. The number of ether oxygens (including phenoxy) is 2. The van der Waals surface area contributed by atoms with Gasteiger partial charge in [-0.2, -0.15) is 0 Å². The third-order valence-corrected chi connectivity index (χ3v) is 12.6. The van der Waals surface area contributed by atoms with Crippen LogP contribution in [-0.4, -0.2) is 37.7 Å². The Kier molecular flexibility index (Phi) is 27.9. The first-order valence-corrected chi connectivity index (χ1v) is 17.0. The monoisotopic (exact) mass is 508 g/mol. The molecule has 0 aromatic heterocycles. The summed E-state index contributed by atoms with van der Waals surface area (Å²) in [6.45, 7) is 11.4. The normalized spacial score (nSPS) is 13.6. The summed E-state index contributed by atoms with van der Waals surface area (Å²) in [5.74, 6) is 0.388. The van der Waals surface area contributed by atoms with Crippen LogP contribution in [0.3, 0.4) is 0 Å². The summed E-state index contributed by atoms with van der Waals surface area (Å²) in [5.41, 5.74) is 0. The minimum atomic E-state index is -1.12. The molecule has 33 heavy (non-hydrogen) atoms. The van der Waals surface area contributed by atoms with Gasteiger partial charge in [0.1, 0.15) is 0 Å². The fourth-order valence-electron chi connectivity index (χ4n) is 4.96. The van der Waals surface area contributed by atoms with E-state index < -0.39 is 7.26 Å². The molecule has 0 radical (unpaired) electrons. The predicted octanol–water partition coefficient (Wildman–Crippen LogP) is 7.44. The van der Waals surface area contributed by atoms with Crippen molar-refractivity contribution in [1.82, 2.24) is 0 Å². The smallest absolute Gasteiger partial charge is 0.167 e. The van der Waals surface area contributed by atoms with E-state index in [0.717, 1.165) is 0 Å². The highest BCUT2D eigenvalue weighted by atomic mass is 35.5. The molecule has 0 heterocycles. The summed E-state index contributed by atoms with van der Waals surface area (Å²) in [5, 5.41) is 0. The average molecular weight is 509 g/mol. The number of hydrogen-bond acceptors (Lipinski definition) is 2. The Hall–Kier alpha value is 0.640. The van der Waals surface area contributed by atoms with Crippen LogP contribution in [0.1, 0.15) is 150 Å². The first-order chi connectivity index (χ1) is 15.6. The quantitative estimate of drug-likeness (QED) is 0.0724. The number of hydrogen-bond donors (Lipinski definition) is 0. The van der Waals surface area contributed by atoms with E-state index in [9.17, 15) is 0 Å². The highest BCUT2D eigenvalue weighted by Gasteiger charge is 2.43. The van der Waals surface area contributed by atoms with Gasteiger partial charge in [0.2, 0.25) is 0 Å². The minimum absolute atomic E-state index is 0. The summed E-state index contributed by atoms with van der Waals surface area (Å²) >= 11 is 0. The van der Waals surface area contributed by atoms with Crippen LogP contribution in [0.15, 0.2) is 0 Å². The Labute approximate surface area is 216 Å². The van der Waals surface area contributed by atoms with E-state index in [1.165, 1.54) is 134 Å². The molecule has 0 rings (SSSR count). The lowest BCUT2D eigenvalue weighted by Gasteiger charge is -2.34. The molecule has 0 spiro atoms. The van der Waals surface area contributed by atoms with Gasteiger partial charge in [0.15, 0.2) is 12.1 Å². The summed E-state index contributed by atoms with van der Waals surface area (Å²) in [4.78, 5) is 0. The molecule has 0 amide bonds. The molecule has 202 valence electrons. The van der Waals surface area contributed by atoms with Crippen molar-refractivity contribution in [3.8, 4) is 0 Å². The van der Waals surface area contributed by atoms with Crippen molar-refractivity contribution in [2.75, 3.05) is 25.6 Å². The zero-order valence-electron chi connectivity index (χ0n) is 23.6. The van der Waals surface area contributed by atoms with E-state index >= 15 is 0 Å². The van der Waals surface area contributed by atoms with E-state index in [1.54, 1.807) is 7.11 Å². The van der Waals surface area contributed by atoms with Gasteiger partial charge in [0.05, 0.1) is 18.5 Å². The Morgan fingerprint density at radius 1 is 0.515 bits per heavy atom. The van der Waals surface area contributed by atoms with Crippen molar-refractivity contribution in [2.45, 2.75) is 162 Å². The first-order valence-electron chi connectivity index (χ1n) is 14.6. The molecule has 0 saturated carbocycles. The minimum Gasteiger partial charge on any atom is -1.00 e. The molecular weight excluding hydrogens is 447 g/mol. The van der Waals surface area contributed by atoms with Crippen molar-refractivity contribution in [2.24, 2.45) is 0 Å².